The molecule has 0 fully saturated rings. The van der Waals surface area contributed by atoms with Crippen molar-refractivity contribution in [1.82, 2.24) is 0 Å². The monoisotopic (exact) mass is 396 g/mol. The predicted octanol–water partition coefficient (Wildman–Crippen LogP) is 7.04. The Bertz CT molecular complexity index is 1090. The molecule has 1 aliphatic carbocycles. The van der Waals surface area contributed by atoms with Gasteiger partial charge in [0.25, 0.3) is 0 Å². The molecule has 29 heavy (non-hydrogen) atoms. The van der Waals surface area contributed by atoms with Gasteiger partial charge in [0, 0.05) is 5.56 Å². The fourth-order valence-electron chi connectivity index (χ4n) is 3.94. The molecule has 0 saturated heterocycles. The maximum Gasteiger partial charge on any atom is 0.137 e. The second kappa shape index (κ2) is 7.86. The Morgan fingerprint density at radius 2 is 1.62 bits per heavy atom. The van der Waals surface area contributed by atoms with E-state index in [1.165, 1.54) is 36.4 Å². The molecule has 0 unspecified atom stereocenters. The minimum Gasteiger partial charge on any atom is -0.207 e. The normalized spacial score (nSPS) is 13.2. The molecule has 4 rings (SSSR count). The number of benzene rings is 3. The van der Waals surface area contributed by atoms with Crippen molar-refractivity contribution < 1.29 is 17.6 Å². The summed E-state index contributed by atoms with van der Waals surface area (Å²) in [5.41, 5.74) is 3.18. The maximum atomic E-state index is 15.1. The van der Waals surface area contributed by atoms with E-state index in [1.54, 1.807) is 12.1 Å². The summed E-state index contributed by atoms with van der Waals surface area (Å²) in [7, 11) is 0. The van der Waals surface area contributed by atoms with Gasteiger partial charge >= 0.3 is 0 Å². The van der Waals surface area contributed by atoms with Gasteiger partial charge in [-0.15, -0.1) is 0 Å². The molecule has 3 aromatic rings. The van der Waals surface area contributed by atoms with Crippen LogP contribution in [0.3, 0.4) is 0 Å². The number of fused-ring (bicyclic) bond motifs is 1. The minimum atomic E-state index is -0.701. The number of rotatable bonds is 4. The van der Waals surface area contributed by atoms with Crippen LogP contribution in [0.25, 0.3) is 16.7 Å². The van der Waals surface area contributed by atoms with E-state index in [2.05, 4.69) is 0 Å². The average Bonchev–Trinajstić information content (AvgIpc) is 2.69. The third-order valence-electron chi connectivity index (χ3n) is 5.40. The lowest BCUT2D eigenvalue weighted by Crippen LogP contribution is -2.09. The Kier molecular flexibility index (Phi) is 5.27. The van der Waals surface area contributed by atoms with Gasteiger partial charge in [-0.05, 0) is 71.4 Å². The summed E-state index contributed by atoms with van der Waals surface area (Å²) >= 11 is 0. The van der Waals surface area contributed by atoms with Crippen LogP contribution in [-0.4, -0.2) is 0 Å². The average molecular weight is 396 g/mol. The Hall–Kier alpha value is -2.88. The highest BCUT2D eigenvalue weighted by molar-refractivity contribution is 5.74. The molecule has 0 spiro atoms. The van der Waals surface area contributed by atoms with Crippen molar-refractivity contribution in [3.8, 4) is 11.1 Å². The second-order valence-electron chi connectivity index (χ2n) is 7.37. The van der Waals surface area contributed by atoms with Gasteiger partial charge in [0.2, 0.25) is 0 Å². The van der Waals surface area contributed by atoms with E-state index in [-0.39, 0.29) is 29.8 Å². The lowest BCUT2D eigenvalue weighted by molar-refractivity contribution is 0.576. The summed E-state index contributed by atoms with van der Waals surface area (Å²) < 4.78 is 57.6. The first-order valence-electron chi connectivity index (χ1n) is 9.71. The first-order valence-corrected chi connectivity index (χ1v) is 9.71. The summed E-state index contributed by atoms with van der Waals surface area (Å²) in [6.45, 7) is 2.04. The highest BCUT2D eigenvalue weighted by Crippen LogP contribution is 2.36. The Balaban J connectivity index is 1.69. The molecule has 148 valence electrons. The lowest BCUT2D eigenvalue weighted by atomic mass is 9.85. The van der Waals surface area contributed by atoms with E-state index < -0.39 is 17.5 Å². The number of halogens is 4. The third-order valence-corrected chi connectivity index (χ3v) is 5.40. The molecule has 0 radical (unpaired) electrons. The topological polar surface area (TPSA) is 0 Å². The van der Waals surface area contributed by atoms with Crippen LogP contribution in [-0.2, 0) is 19.3 Å². The quantitative estimate of drug-likeness (QED) is 0.415. The second-order valence-corrected chi connectivity index (χ2v) is 7.37. The summed E-state index contributed by atoms with van der Waals surface area (Å²) in [4.78, 5) is 0. The lowest BCUT2D eigenvalue weighted by Gasteiger charge is -2.21. The van der Waals surface area contributed by atoms with Crippen LogP contribution >= 0.6 is 0 Å². The van der Waals surface area contributed by atoms with E-state index in [4.69, 9.17) is 0 Å². The molecule has 1 aliphatic rings. The maximum absolute atomic E-state index is 15.1. The van der Waals surface area contributed by atoms with Crippen molar-refractivity contribution in [2.24, 2.45) is 0 Å². The molecule has 0 aromatic heterocycles. The van der Waals surface area contributed by atoms with Gasteiger partial charge in [0.1, 0.15) is 23.3 Å². The van der Waals surface area contributed by atoms with E-state index >= 15 is 4.39 Å². The highest BCUT2D eigenvalue weighted by atomic mass is 19.1. The molecule has 0 atom stereocenters. The first kappa shape index (κ1) is 19.4. The molecule has 0 heterocycles. The summed E-state index contributed by atoms with van der Waals surface area (Å²) in [6.07, 6.45) is 4.05. The number of allylic oxidation sites excluding steroid dienone is 2. The van der Waals surface area contributed by atoms with E-state index in [1.807, 2.05) is 13.0 Å². The van der Waals surface area contributed by atoms with Gasteiger partial charge in [-0.2, -0.15) is 0 Å². The van der Waals surface area contributed by atoms with Crippen LogP contribution in [0.4, 0.5) is 17.6 Å². The SMILES string of the molecule is CCCc1ccc(C2=CCc3c(cc(F)c(-c4ccc(F)cc4)c3F)C2)c(F)c1. The van der Waals surface area contributed by atoms with Gasteiger partial charge in [-0.1, -0.05) is 43.7 Å². The fourth-order valence-corrected chi connectivity index (χ4v) is 3.94. The molecule has 0 nitrogen and oxygen atoms in total. The largest absolute Gasteiger partial charge is 0.207 e. The summed E-state index contributed by atoms with van der Waals surface area (Å²) in [5.74, 6) is -2.12. The smallest absolute Gasteiger partial charge is 0.137 e. The number of aryl methyl sites for hydroxylation is 1. The molecule has 4 heteroatoms. The standard InChI is InChI=1S/C25H20F4/c1-2-3-15-4-10-20(22(27)12-15)17-7-11-21-18(13-17)14-23(28)24(25(21)29)16-5-8-19(26)9-6-16/h4-10,12,14H,2-3,11,13H2,1H3. The Morgan fingerprint density at radius 1 is 0.862 bits per heavy atom. The van der Waals surface area contributed by atoms with E-state index in [0.717, 1.165) is 24.0 Å². The highest BCUT2D eigenvalue weighted by Gasteiger charge is 2.23. The van der Waals surface area contributed by atoms with Gasteiger partial charge in [-0.3, -0.25) is 0 Å². The van der Waals surface area contributed by atoms with Crippen molar-refractivity contribution in [1.29, 1.82) is 0 Å². The van der Waals surface area contributed by atoms with Crippen molar-refractivity contribution in [2.45, 2.75) is 32.6 Å². The minimum absolute atomic E-state index is 0.157. The van der Waals surface area contributed by atoms with Crippen LogP contribution in [0.15, 0.2) is 54.6 Å². The molecule has 0 N–H and O–H groups in total. The van der Waals surface area contributed by atoms with Crippen LogP contribution < -0.4 is 0 Å². The predicted molar refractivity (Wildman–Crippen MR) is 108 cm³/mol. The summed E-state index contributed by atoms with van der Waals surface area (Å²) in [6, 6.07) is 11.6. The van der Waals surface area contributed by atoms with Crippen molar-refractivity contribution in [2.75, 3.05) is 0 Å². The van der Waals surface area contributed by atoms with Crippen LogP contribution in [0.5, 0.6) is 0 Å². The molecular formula is C25H20F4. The molecule has 3 aromatic carbocycles. The number of hydrogen-bond acceptors (Lipinski definition) is 0. The van der Waals surface area contributed by atoms with Crippen LogP contribution in [0.2, 0.25) is 0 Å². The molecule has 0 saturated carbocycles. The Morgan fingerprint density at radius 3 is 2.31 bits per heavy atom. The molecular weight excluding hydrogens is 376 g/mol. The van der Waals surface area contributed by atoms with Gasteiger partial charge in [0.15, 0.2) is 0 Å². The van der Waals surface area contributed by atoms with Crippen LogP contribution in [0.1, 0.15) is 35.6 Å². The zero-order valence-electron chi connectivity index (χ0n) is 16.0. The van der Waals surface area contributed by atoms with Gasteiger partial charge < -0.3 is 0 Å². The van der Waals surface area contributed by atoms with E-state index in [0.29, 0.717) is 16.7 Å². The van der Waals surface area contributed by atoms with Gasteiger partial charge in [-0.25, -0.2) is 17.6 Å². The molecule has 0 aliphatic heterocycles. The molecule has 0 amide bonds. The van der Waals surface area contributed by atoms with E-state index in [9.17, 15) is 13.2 Å². The first-order chi connectivity index (χ1) is 14.0. The third kappa shape index (κ3) is 3.71. The van der Waals surface area contributed by atoms with Crippen molar-refractivity contribution >= 4 is 5.57 Å². The summed E-state index contributed by atoms with van der Waals surface area (Å²) in [5, 5.41) is 0. The van der Waals surface area contributed by atoms with Gasteiger partial charge in [0.05, 0.1) is 5.56 Å². The fraction of sp³-hybridized carbons (Fsp3) is 0.200. The zero-order chi connectivity index (χ0) is 20.5. The Labute approximate surface area is 167 Å². The molecule has 0 bridgehead atoms. The van der Waals surface area contributed by atoms with Crippen LogP contribution in [0, 0.1) is 23.3 Å². The zero-order valence-corrected chi connectivity index (χ0v) is 16.0. The number of hydrogen-bond donors (Lipinski definition) is 0. The van der Waals surface area contributed by atoms with Crippen molar-refractivity contribution in [3.63, 3.8) is 0 Å². The van der Waals surface area contributed by atoms with Crippen molar-refractivity contribution in [3.05, 3.63) is 100 Å².